The van der Waals surface area contributed by atoms with E-state index >= 15 is 0 Å². The van der Waals surface area contributed by atoms with Crippen LogP contribution in [0.5, 0.6) is 0 Å². The van der Waals surface area contributed by atoms with E-state index in [2.05, 4.69) is 20.7 Å². The minimum Gasteiger partial charge on any atom is -0.408 e. The minimum absolute atomic E-state index is 0.0649. The van der Waals surface area contributed by atoms with Crippen molar-refractivity contribution in [1.29, 1.82) is 0 Å². The van der Waals surface area contributed by atoms with Gasteiger partial charge in [0.2, 0.25) is 0 Å². The van der Waals surface area contributed by atoms with Crippen LogP contribution in [0.3, 0.4) is 0 Å². The van der Waals surface area contributed by atoms with E-state index in [0.717, 1.165) is 0 Å². The second-order valence-electron chi connectivity index (χ2n) is 5.10. The summed E-state index contributed by atoms with van der Waals surface area (Å²) in [7, 11) is -2.24. The first kappa shape index (κ1) is 15.8. The molecule has 0 radical (unpaired) electrons. The largest absolute Gasteiger partial charge is 0.419 e. The van der Waals surface area contributed by atoms with Gasteiger partial charge in [0.25, 0.3) is 10.0 Å². The van der Waals surface area contributed by atoms with Crippen LogP contribution in [0.15, 0.2) is 55.0 Å². The van der Waals surface area contributed by atoms with Gasteiger partial charge < -0.3 is 4.42 Å². The molecule has 0 amide bonds. The van der Waals surface area contributed by atoms with Crippen LogP contribution < -0.4 is 10.5 Å². The highest BCUT2D eigenvalue weighted by Gasteiger charge is 2.21. The van der Waals surface area contributed by atoms with E-state index in [1.165, 1.54) is 10.6 Å². The van der Waals surface area contributed by atoms with Crippen LogP contribution in [0.4, 0.5) is 5.69 Å². The number of nitrogens with zero attached hydrogens (tertiary/aromatic N) is 1. The molecule has 0 atom stereocenters. The third-order valence-corrected chi connectivity index (χ3v) is 5.70. The van der Waals surface area contributed by atoms with E-state index in [0.29, 0.717) is 21.2 Å². The van der Waals surface area contributed by atoms with Gasteiger partial charge in [-0.3, -0.25) is 9.29 Å². The van der Waals surface area contributed by atoms with Crippen LogP contribution in [-0.2, 0) is 17.1 Å². The fourth-order valence-corrected chi connectivity index (χ4v) is 4.13. The molecule has 0 aliphatic heterocycles. The van der Waals surface area contributed by atoms with Crippen LogP contribution in [0.2, 0.25) is 0 Å². The summed E-state index contributed by atoms with van der Waals surface area (Å²) in [5, 5.41) is 0. The maximum atomic E-state index is 12.7. The Balaban J connectivity index is 2.13. The van der Waals surface area contributed by atoms with Crippen LogP contribution in [0.25, 0.3) is 11.1 Å². The molecular formula is C15H13BrN2O4S. The van der Waals surface area contributed by atoms with Crippen molar-refractivity contribution in [1.82, 2.24) is 4.57 Å². The zero-order chi connectivity index (χ0) is 16.8. The smallest absolute Gasteiger partial charge is 0.408 e. The summed E-state index contributed by atoms with van der Waals surface area (Å²) in [6.45, 7) is 1.67. The number of oxazole rings is 1. The monoisotopic (exact) mass is 396 g/mol. The number of benzene rings is 2. The Morgan fingerprint density at radius 3 is 2.61 bits per heavy atom. The lowest BCUT2D eigenvalue weighted by molar-refractivity contribution is 0.527. The van der Waals surface area contributed by atoms with E-state index in [4.69, 9.17) is 4.42 Å². The van der Waals surface area contributed by atoms with Crippen LogP contribution in [-0.4, -0.2) is 13.0 Å². The fraction of sp³-hybridized carbons (Fsp3) is 0.133. The van der Waals surface area contributed by atoms with Gasteiger partial charge in [-0.25, -0.2) is 13.2 Å². The molecule has 1 aromatic heterocycles. The number of anilines is 1. The standard InChI is InChI=1S/C15H13BrN2O4S/c1-9-7-12-13(22-15(19)18(12)2)8-14(9)23(20,21)17-11-6-4-3-5-10(11)16/h3-8,17H,1-2H3. The van der Waals surface area contributed by atoms with Crippen molar-refractivity contribution in [3.8, 4) is 0 Å². The molecule has 8 heteroatoms. The van der Waals surface area contributed by atoms with Gasteiger partial charge >= 0.3 is 5.76 Å². The Morgan fingerprint density at radius 2 is 1.91 bits per heavy atom. The van der Waals surface area contributed by atoms with E-state index < -0.39 is 15.8 Å². The predicted octanol–water partition coefficient (Wildman–Crippen LogP) is 3.00. The highest BCUT2D eigenvalue weighted by Crippen LogP contribution is 2.27. The Morgan fingerprint density at radius 1 is 1.22 bits per heavy atom. The lowest BCUT2D eigenvalue weighted by Gasteiger charge is -2.11. The maximum absolute atomic E-state index is 12.7. The van der Waals surface area contributed by atoms with Crippen molar-refractivity contribution in [2.24, 2.45) is 7.05 Å². The fourth-order valence-electron chi connectivity index (χ4n) is 2.29. The lowest BCUT2D eigenvalue weighted by atomic mass is 10.2. The molecule has 120 valence electrons. The third-order valence-electron chi connectivity index (χ3n) is 3.50. The Kier molecular flexibility index (Phi) is 3.81. The summed E-state index contributed by atoms with van der Waals surface area (Å²) in [5.74, 6) is -0.535. The van der Waals surface area contributed by atoms with Crippen molar-refractivity contribution < 1.29 is 12.8 Å². The average Bonchev–Trinajstić information content (AvgIpc) is 2.76. The zero-order valence-corrected chi connectivity index (χ0v) is 14.7. The summed E-state index contributed by atoms with van der Waals surface area (Å²) >= 11 is 3.30. The first-order valence-corrected chi connectivity index (χ1v) is 8.95. The number of nitrogens with one attached hydrogen (secondary N) is 1. The predicted molar refractivity (Wildman–Crippen MR) is 91.1 cm³/mol. The van der Waals surface area contributed by atoms with Gasteiger partial charge in [0.15, 0.2) is 5.58 Å². The van der Waals surface area contributed by atoms with E-state index in [9.17, 15) is 13.2 Å². The van der Waals surface area contributed by atoms with E-state index in [1.807, 2.05) is 0 Å². The number of fused-ring (bicyclic) bond motifs is 1. The van der Waals surface area contributed by atoms with Crippen molar-refractivity contribution in [2.75, 3.05) is 4.72 Å². The first-order valence-electron chi connectivity index (χ1n) is 6.67. The zero-order valence-electron chi connectivity index (χ0n) is 12.3. The topological polar surface area (TPSA) is 81.3 Å². The summed E-state index contributed by atoms with van der Waals surface area (Å²) in [6, 6.07) is 9.90. The first-order chi connectivity index (χ1) is 10.8. The Labute approximate surface area is 140 Å². The lowest BCUT2D eigenvalue weighted by Crippen LogP contribution is -2.14. The SMILES string of the molecule is Cc1cc2c(cc1S(=O)(=O)Nc1ccccc1Br)oc(=O)n2C. The summed E-state index contributed by atoms with van der Waals surface area (Å²) < 4.78 is 34.9. The second-order valence-corrected chi connectivity index (χ2v) is 7.60. The van der Waals surface area contributed by atoms with Crippen LogP contribution in [0.1, 0.15) is 5.56 Å². The van der Waals surface area contributed by atoms with Crippen LogP contribution in [0, 0.1) is 6.92 Å². The van der Waals surface area contributed by atoms with Gasteiger partial charge in [-0.2, -0.15) is 0 Å². The summed E-state index contributed by atoms with van der Waals surface area (Å²) in [6.07, 6.45) is 0. The number of aromatic nitrogens is 1. The van der Waals surface area contributed by atoms with Gasteiger partial charge in [-0.15, -0.1) is 0 Å². The minimum atomic E-state index is -3.81. The number of para-hydroxylation sites is 1. The number of halogens is 1. The molecule has 1 heterocycles. The molecule has 6 nitrogen and oxygen atoms in total. The van der Waals surface area contributed by atoms with Gasteiger partial charge in [-0.05, 0) is 46.6 Å². The molecule has 0 bridgehead atoms. The second kappa shape index (κ2) is 5.54. The highest BCUT2D eigenvalue weighted by molar-refractivity contribution is 9.10. The highest BCUT2D eigenvalue weighted by atomic mass is 79.9. The molecule has 2 aromatic carbocycles. The van der Waals surface area contributed by atoms with Gasteiger partial charge in [-0.1, -0.05) is 12.1 Å². The van der Waals surface area contributed by atoms with Crippen LogP contribution >= 0.6 is 15.9 Å². The van der Waals surface area contributed by atoms with Gasteiger partial charge in [0.1, 0.15) is 0 Å². The Hall–Kier alpha value is -2.06. The number of rotatable bonds is 3. The molecule has 0 aliphatic carbocycles. The molecule has 3 aromatic rings. The molecule has 23 heavy (non-hydrogen) atoms. The Bertz CT molecular complexity index is 1070. The van der Waals surface area contributed by atoms with E-state index in [-0.39, 0.29) is 10.5 Å². The molecule has 3 rings (SSSR count). The quantitative estimate of drug-likeness (QED) is 0.737. The number of aryl methyl sites for hydroxylation is 2. The summed E-state index contributed by atoms with van der Waals surface area (Å²) in [5.41, 5.74) is 1.73. The van der Waals surface area contributed by atoms with Gasteiger partial charge in [0.05, 0.1) is 16.1 Å². The van der Waals surface area contributed by atoms with Crippen molar-refractivity contribution >= 4 is 42.7 Å². The molecule has 0 saturated heterocycles. The molecule has 0 aliphatic rings. The molecular weight excluding hydrogens is 384 g/mol. The number of hydrogen-bond acceptors (Lipinski definition) is 4. The molecule has 0 fully saturated rings. The molecule has 0 spiro atoms. The molecule has 1 N–H and O–H groups in total. The summed E-state index contributed by atoms with van der Waals surface area (Å²) in [4.78, 5) is 11.6. The normalized spacial score (nSPS) is 11.8. The number of sulfonamides is 1. The third kappa shape index (κ3) is 2.79. The average molecular weight is 397 g/mol. The van der Waals surface area contributed by atoms with Crippen molar-refractivity contribution in [3.05, 3.63) is 57.0 Å². The number of hydrogen-bond donors (Lipinski definition) is 1. The maximum Gasteiger partial charge on any atom is 0.419 e. The van der Waals surface area contributed by atoms with Crippen molar-refractivity contribution in [2.45, 2.75) is 11.8 Å². The molecule has 0 unspecified atom stereocenters. The van der Waals surface area contributed by atoms with Crippen molar-refractivity contribution in [3.63, 3.8) is 0 Å². The van der Waals surface area contributed by atoms with Gasteiger partial charge in [0, 0.05) is 17.6 Å². The van der Waals surface area contributed by atoms with E-state index in [1.54, 1.807) is 44.3 Å². The molecule has 0 saturated carbocycles.